The molecule has 278 valence electrons. The first-order valence-electron chi connectivity index (χ1n) is 18.7. The minimum atomic E-state index is -1.54. The Kier molecular flexibility index (Phi) is 28.7. The number of hydrogen-bond acceptors (Lipinski definition) is 9. The molecule has 0 radical (unpaired) electrons. The molecule has 0 aromatic heterocycles. The van der Waals surface area contributed by atoms with Crippen LogP contribution in [0.3, 0.4) is 0 Å². The predicted octanol–water partition coefficient (Wildman–Crippen LogP) is 7.02. The van der Waals surface area contributed by atoms with Crippen LogP contribution in [0.4, 0.5) is 0 Å². The number of aliphatic hydroxyl groups is 4. The van der Waals surface area contributed by atoms with Crippen LogP contribution in [0.25, 0.3) is 0 Å². The van der Waals surface area contributed by atoms with Crippen LogP contribution in [-0.4, -0.2) is 89.6 Å². The first kappa shape index (κ1) is 44.2. The van der Waals surface area contributed by atoms with E-state index >= 15 is 0 Å². The van der Waals surface area contributed by atoms with Gasteiger partial charge >= 0.3 is 5.97 Å². The minimum absolute atomic E-state index is 0.128. The normalized spacial score (nSPS) is 22.5. The summed E-state index contributed by atoms with van der Waals surface area (Å²) in [7, 11) is 0. The predicted molar refractivity (Wildman–Crippen MR) is 191 cm³/mol. The molecule has 1 aliphatic heterocycles. The molecule has 1 heterocycles. The molecule has 0 saturated carbocycles. The zero-order valence-electron chi connectivity index (χ0n) is 30.0. The van der Waals surface area contributed by atoms with Gasteiger partial charge in [0.05, 0.1) is 19.8 Å². The van der Waals surface area contributed by atoms with Crippen LogP contribution in [0.5, 0.6) is 0 Å². The maximum absolute atomic E-state index is 12.7. The summed E-state index contributed by atoms with van der Waals surface area (Å²) in [6.07, 6.45) is 28.5. The average Bonchev–Trinajstić information content (AvgIpc) is 3.08. The number of ether oxygens (including phenoxy) is 4. The zero-order chi connectivity index (χ0) is 35.1. The molecule has 1 rings (SSSR count). The highest BCUT2D eigenvalue weighted by molar-refractivity contribution is 5.69. The fraction of sp³-hybridized carbons (Fsp3) is 0.769. The van der Waals surface area contributed by atoms with Crippen molar-refractivity contribution in [3.63, 3.8) is 0 Å². The Morgan fingerprint density at radius 3 is 1.88 bits per heavy atom. The second-order valence-corrected chi connectivity index (χ2v) is 12.6. The minimum Gasteiger partial charge on any atom is -0.457 e. The third-order valence-corrected chi connectivity index (χ3v) is 8.26. The van der Waals surface area contributed by atoms with Crippen molar-refractivity contribution in [2.45, 2.75) is 166 Å². The van der Waals surface area contributed by atoms with Crippen LogP contribution in [0.1, 0.15) is 129 Å². The van der Waals surface area contributed by atoms with Gasteiger partial charge in [0.15, 0.2) is 6.29 Å². The summed E-state index contributed by atoms with van der Waals surface area (Å²) >= 11 is 0. The molecule has 0 spiro atoms. The number of unbranched alkanes of at least 4 members (excludes halogenated alkanes) is 11. The molecule has 1 fully saturated rings. The van der Waals surface area contributed by atoms with Crippen LogP contribution in [-0.2, 0) is 23.7 Å². The van der Waals surface area contributed by atoms with Gasteiger partial charge in [-0.25, -0.2) is 0 Å². The fourth-order valence-corrected chi connectivity index (χ4v) is 5.30. The molecular formula is C39H68O9. The monoisotopic (exact) mass is 680 g/mol. The van der Waals surface area contributed by atoms with Crippen molar-refractivity contribution in [2.75, 3.05) is 26.4 Å². The second-order valence-electron chi connectivity index (χ2n) is 12.6. The van der Waals surface area contributed by atoms with E-state index in [0.717, 1.165) is 51.4 Å². The van der Waals surface area contributed by atoms with E-state index in [2.05, 4.69) is 62.5 Å². The molecule has 0 amide bonds. The van der Waals surface area contributed by atoms with E-state index in [9.17, 15) is 25.2 Å². The van der Waals surface area contributed by atoms with E-state index in [4.69, 9.17) is 18.9 Å². The molecule has 0 aromatic rings. The Hall–Kier alpha value is -1.85. The third kappa shape index (κ3) is 22.7. The Balaban J connectivity index is 2.38. The van der Waals surface area contributed by atoms with Crippen molar-refractivity contribution in [3.05, 3.63) is 48.6 Å². The number of carbonyl (C=O) groups excluding carboxylic acids is 1. The molecule has 6 unspecified atom stereocenters. The molecule has 48 heavy (non-hydrogen) atoms. The van der Waals surface area contributed by atoms with Crippen molar-refractivity contribution in [2.24, 2.45) is 0 Å². The molecule has 9 heteroatoms. The lowest BCUT2D eigenvalue weighted by atomic mass is 9.99. The summed E-state index contributed by atoms with van der Waals surface area (Å²) in [6.45, 7) is 4.36. The van der Waals surface area contributed by atoms with Crippen molar-refractivity contribution in [1.29, 1.82) is 0 Å². The van der Waals surface area contributed by atoms with Crippen LogP contribution in [0.2, 0.25) is 0 Å². The van der Waals surface area contributed by atoms with Gasteiger partial charge in [-0.2, -0.15) is 0 Å². The van der Waals surface area contributed by atoms with Gasteiger partial charge in [-0.05, 0) is 51.4 Å². The molecule has 0 bridgehead atoms. The standard InChI is InChI=1S/C39H68O9/c1-3-5-7-9-11-13-15-16-17-18-19-20-22-24-26-28-35(41)47-33(31-45-29-27-25-23-21-14-12-10-8-6-4-2)32-46-39-38(44)37(43)36(42)34(30-40)48-39/h5,7,11,13,16-17,19-20,33-34,36-40,42-44H,3-4,6,8-10,12,14-15,18,21-32H2,1-2H3/b7-5-,13-11-,17-16-,20-19-. The van der Waals surface area contributed by atoms with Gasteiger partial charge in [-0.3, -0.25) is 4.79 Å². The molecule has 0 aromatic carbocycles. The summed E-state index contributed by atoms with van der Waals surface area (Å²) in [5.74, 6) is -0.356. The summed E-state index contributed by atoms with van der Waals surface area (Å²) in [5, 5.41) is 39.9. The Bertz CT molecular complexity index is 870. The number of aliphatic hydroxyl groups excluding tert-OH is 4. The van der Waals surface area contributed by atoms with Crippen molar-refractivity contribution in [1.82, 2.24) is 0 Å². The maximum Gasteiger partial charge on any atom is 0.306 e. The first-order valence-corrected chi connectivity index (χ1v) is 18.7. The third-order valence-electron chi connectivity index (χ3n) is 8.26. The van der Waals surface area contributed by atoms with E-state index in [1.165, 1.54) is 51.4 Å². The van der Waals surface area contributed by atoms with E-state index in [-0.39, 0.29) is 25.6 Å². The smallest absolute Gasteiger partial charge is 0.306 e. The Morgan fingerprint density at radius 2 is 1.27 bits per heavy atom. The fourth-order valence-electron chi connectivity index (χ4n) is 5.30. The van der Waals surface area contributed by atoms with Crippen molar-refractivity contribution < 1.29 is 44.2 Å². The van der Waals surface area contributed by atoms with Gasteiger partial charge in [0.1, 0.15) is 30.5 Å². The molecule has 0 aliphatic carbocycles. The van der Waals surface area contributed by atoms with Crippen LogP contribution < -0.4 is 0 Å². The number of rotatable bonds is 30. The van der Waals surface area contributed by atoms with Gasteiger partial charge in [-0.1, -0.05) is 120 Å². The number of allylic oxidation sites excluding steroid dienone is 8. The molecule has 9 nitrogen and oxygen atoms in total. The Labute approximate surface area is 291 Å². The van der Waals surface area contributed by atoms with E-state index in [0.29, 0.717) is 13.0 Å². The van der Waals surface area contributed by atoms with Gasteiger partial charge in [-0.15, -0.1) is 0 Å². The van der Waals surface area contributed by atoms with E-state index in [1.54, 1.807) is 0 Å². The summed E-state index contributed by atoms with van der Waals surface area (Å²) in [4.78, 5) is 12.7. The highest BCUT2D eigenvalue weighted by Gasteiger charge is 2.44. The highest BCUT2D eigenvalue weighted by Crippen LogP contribution is 2.22. The van der Waals surface area contributed by atoms with Gasteiger partial charge in [0.25, 0.3) is 0 Å². The molecule has 1 aliphatic rings. The van der Waals surface area contributed by atoms with E-state index in [1.807, 2.05) is 0 Å². The lowest BCUT2D eigenvalue weighted by Gasteiger charge is -2.39. The molecule has 4 N–H and O–H groups in total. The SMILES string of the molecule is CC/C=C\C/C=C\C/C=C\C/C=C\CCCCC(=O)OC(COCCCCCCCCCCCC)COC1OC(CO)C(O)C(O)C1O. The Morgan fingerprint density at radius 1 is 0.688 bits per heavy atom. The topological polar surface area (TPSA) is 135 Å². The first-order chi connectivity index (χ1) is 23.4. The lowest BCUT2D eigenvalue weighted by Crippen LogP contribution is -2.59. The summed E-state index contributed by atoms with van der Waals surface area (Å²) in [5.41, 5.74) is 0. The summed E-state index contributed by atoms with van der Waals surface area (Å²) < 4.78 is 22.6. The number of hydrogen-bond donors (Lipinski definition) is 4. The van der Waals surface area contributed by atoms with Gasteiger partial charge < -0.3 is 39.4 Å². The van der Waals surface area contributed by atoms with Crippen molar-refractivity contribution >= 4 is 5.97 Å². The quantitative estimate of drug-likeness (QED) is 0.0359. The van der Waals surface area contributed by atoms with Crippen LogP contribution in [0.15, 0.2) is 48.6 Å². The largest absolute Gasteiger partial charge is 0.457 e. The molecule has 6 atom stereocenters. The second kappa shape index (κ2) is 31.2. The summed E-state index contributed by atoms with van der Waals surface area (Å²) in [6, 6.07) is 0. The van der Waals surface area contributed by atoms with Gasteiger partial charge in [0.2, 0.25) is 0 Å². The zero-order valence-corrected chi connectivity index (χ0v) is 30.0. The highest BCUT2D eigenvalue weighted by atomic mass is 16.7. The number of esters is 1. The lowest BCUT2D eigenvalue weighted by molar-refractivity contribution is -0.305. The maximum atomic E-state index is 12.7. The molecule has 1 saturated heterocycles. The van der Waals surface area contributed by atoms with Crippen LogP contribution >= 0.6 is 0 Å². The van der Waals surface area contributed by atoms with Crippen LogP contribution in [0, 0.1) is 0 Å². The van der Waals surface area contributed by atoms with Crippen molar-refractivity contribution in [3.8, 4) is 0 Å². The van der Waals surface area contributed by atoms with E-state index < -0.39 is 43.4 Å². The number of carbonyl (C=O) groups is 1. The average molecular weight is 681 g/mol. The van der Waals surface area contributed by atoms with Gasteiger partial charge in [0, 0.05) is 13.0 Å². The molecular weight excluding hydrogens is 612 g/mol.